The van der Waals surface area contributed by atoms with Crippen molar-refractivity contribution in [3.05, 3.63) is 67.7 Å². The number of rotatable bonds is 8. The number of carbonyl (C=O) groups is 3. The van der Waals surface area contributed by atoms with Crippen LogP contribution in [-0.4, -0.2) is 40.3 Å². The standard InChI is InChI=1S/C26H26BrN3O7/c1-2-36-22-14-17(13-21(27)23(22)37-15-16-8-10-19(11-9-16)30(34)35)12-20-24(31)28-26(33)29(25(20)32)18-6-4-3-5-7-18/h8-14,18H,2-7,15H2,1H3,(H,28,31,33). The van der Waals surface area contributed by atoms with Crippen LogP contribution in [0.2, 0.25) is 0 Å². The third-order valence-corrected chi connectivity index (χ3v) is 6.84. The Morgan fingerprint density at radius 2 is 1.81 bits per heavy atom. The highest BCUT2D eigenvalue weighted by Gasteiger charge is 2.40. The van der Waals surface area contributed by atoms with E-state index in [0.717, 1.165) is 37.7 Å². The van der Waals surface area contributed by atoms with Gasteiger partial charge in [-0.25, -0.2) is 4.79 Å². The van der Waals surface area contributed by atoms with Crippen LogP contribution >= 0.6 is 15.9 Å². The van der Waals surface area contributed by atoms with Gasteiger partial charge in [0, 0.05) is 18.2 Å². The number of hydrogen-bond acceptors (Lipinski definition) is 7. The van der Waals surface area contributed by atoms with E-state index >= 15 is 0 Å². The summed E-state index contributed by atoms with van der Waals surface area (Å²) in [6, 6.07) is 8.45. The number of carbonyl (C=O) groups excluding carboxylic acids is 3. The summed E-state index contributed by atoms with van der Waals surface area (Å²) in [6.45, 7) is 2.28. The van der Waals surface area contributed by atoms with Crippen LogP contribution in [0.15, 0.2) is 46.4 Å². The van der Waals surface area contributed by atoms with E-state index < -0.39 is 22.8 Å². The first kappa shape index (κ1) is 26.3. The summed E-state index contributed by atoms with van der Waals surface area (Å²) in [5, 5.41) is 13.2. The number of non-ortho nitro benzene ring substituents is 1. The molecule has 2 fully saturated rings. The lowest BCUT2D eigenvalue weighted by atomic mass is 9.93. The summed E-state index contributed by atoms with van der Waals surface area (Å²) in [5.41, 5.74) is 1.10. The van der Waals surface area contributed by atoms with Gasteiger partial charge in [-0.2, -0.15) is 0 Å². The number of nitro benzene ring substituents is 1. The minimum atomic E-state index is -0.741. The van der Waals surface area contributed by atoms with E-state index in [9.17, 15) is 24.5 Å². The molecule has 1 N–H and O–H groups in total. The first-order chi connectivity index (χ1) is 17.8. The molecule has 0 aromatic heterocycles. The molecule has 2 aromatic carbocycles. The van der Waals surface area contributed by atoms with E-state index in [2.05, 4.69) is 21.2 Å². The molecule has 0 radical (unpaired) electrons. The zero-order chi connectivity index (χ0) is 26.5. The van der Waals surface area contributed by atoms with Crippen molar-refractivity contribution in [3.8, 4) is 11.5 Å². The number of imide groups is 2. The van der Waals surface area contributed by atoms with Crippen molar-refractivity contribution < 1.29 is 28.8 Å². The molecule has 4 rings (SSSR count). The minimum absolute atomic E-state index is 0.0117. The number of nitro groups is 1. The SMILES string of the molecule is CCOc1cc(C=C2C(=O)NC(=O)N(C3CCCCC3)C2=O)cc(Br)c1OCc1ccc([N+](=O)[O-])cc1. The molecule has 2 aromatic rings. The maximum absolute atomic E-state index is 13.2. The van der Waals surface area contributed by atoms with Gasteiger partial charge in [0.05, 0.1) is 16.0 Å². The van der Waals surface area contributed by atoms with Gasteiger partial charge in [0.25, 0.3) is 17.5 Å². The molecule has 0 unspecified atom stereocenters. The number of ether oxygens (including phenoxy) is 2. The number of benzene rings is 2. The number of halogens is 1. The van der Waals surface area contributed by atoms with Gasteiger partial charge in [-0.05, 0) is 77.2 Å². The van der Waals surface area contributed by atoms with Crippen molar-refractivity contribution in [3.63, 3.8) is 0 Å². The lowest BCUT2D eigenvalue weighted by Crippen LogP contribution is -2.58. The average Bonchev–Trinajstić information content (AvgIpc) is 2.87. The second-order valence-corrected chi connectivity index (χ2v) is 9.61. The summed E-state index contributed by atoms with van der Waals surface area (Å²) in [7, 11) is 0. The molecule has 2 aliphatic rings. The Bertz CT molecular complexity index is 1250. The fraction of sp³-hybridized carbons (Fsp3) is 0.346. The molecule has 1 heterocycles. The van der Waals surface area contributed by atoms with Crippen LogP contribution in [-0.2, 0) is 16.2 Å². The quantitative estimate of drug-likeness (QED) is 0.201. The zero-order valence-corrected chi connectivity index (χ0v) is 21.8. The first-order valence-corrected chi connectivity index (χ1v) is 12.8. The van der Waals surface area contributed by atoms with Crippen molar-refractivity contribution >= 4 is 45.5 Å². The highest BCUT2D eigenvalue weighted by atomic mass is 79.9. The minimum Gasteiger partial charge on any atom is -0.490 e. The van der Waals surface area contributed by atoms with Crippen LogP contribution in [0, 0.1) is 10.1 Å². The summed E-state index contributed by atoms with van der Waals surface area (Å²) in [4.78, 5) is 49.8. The molecular formula is C26H26BrN3O7. The van der Waals surface area contributed by atoms with E-state index in [1.165, 1.54) is 23.1 Å². The van der Waals surface area contributed by atoms with Gasteiger partial charge in [-0.15, -0.1) is 0 Å². The zero-order valence-electron chi connectivity index (χ0n) is 20.2. The molecule has 1 aliphatic heterocycles. The van der Waals surface area contributed by atoms with Crippen molar-refractivity contribution in [2.24, 2.45) is 0 Å². The van der Waals surface area contributed by atoms with Crippen LogP contribution < -0.4 is 14.8 Å². The van der Waals surface area contributed by atoms with Gasteiger partial charge in [-0.3, -0.25) is 29.9 Å². The van der Waals surface area contributed by atoms with Crippen LogP contribution in [0.3, 0.4) is 0 Å². The lowest BCUT2D eigenvalue weighted by molar-refractivity contribution is -0.384. The summed E-state index contributed by atoms with van der Waals surface area (Å²) < 4.78 is 12.2. The van der Waals surface area contributed by atoms with Gasteiger partial charge in [0.1, 0.15) is 12.2 Å². The summed E-state index contributed by atoms with van der Waals surface area (Å²) >= 11 is 3.48. The summed E-state index contributed by atoms with van der Waals surface area (Å²) in [6.07, 6.45) is 5.81. The highest BCUT2D eigenvalue weighted by molar-refractivity contribution is 9.10. The van der Waals surface area contributed by atoms with Crippen LogP contribution in [0.1, 0.15) is 50.2 Å². The van der Waals surface area contributed by atoms with Crippen molar-refractivity contribution in [1.29, 1.82) is 0 Å². The molecule has 0 atom stereocenters. The maximum atomic E-state index is 13.2. The average molecular weight is 572 g/mol. The van der Waals surface area contributed by atoms with E-state index in [1.807, 2.05) is 6.92 Å². The molecule has 11 heteroatoms. The molecule has 10 nitrogen and oxygen atoms in total. The number of amides is 4. The Balaban J connectivity index is 1.59. The third-order valence-electron chi connectivity index (χ3n) is 6.25. The molecule has 1 aliphatic carbocycles. The smallest absolute Gasteiger partial charge is 0.331 e. The number of nitrogens with one attached hydrogen (secondary N) is 1. The molecular weight excluding hydrogens is 546 g/mol. The molecule has 1 saturated heterocycles. The van der Waals surface area contributed by atoms with E-state index in [1.54, 1.807) is 24.3 Å². The van der Waals surface area contributed by atoms with Crippen LogP contribution in [0.4, 0.5) is 10.5 Å². The Labute approximate surface area is 221 Å². The first-order valence-electron chi connectivity index (χ1n) is 12.0. The van der Waals surface area contributed by atoms with Gasteiger partial charge in [-0.1, -0.05) is 19.3 Å². The van der Waals surface area contributed by atoms with E-state index in [-0.39, 0.29) is 23.9 Å². The van der Waals surface area contributed by atoms with Gasteiger partial charge < -0.3 is 9.47 Å². The lowest BCUT2D eigenvalue weighted by Gasteiger charge is -2.35. The Morgan fingerprint density at radius 1 is 1.11 bits per heavy atom. The molecule has 194 valence electrons. The maximum Gasteiger partial charge on any atom is 0.331 e. The second kappa shape index (κ2) is 11.5. The van der Waals surface area contributed by atoms with Gasteiger partial charge in [0.2, 0.25) is 0 Å². The number of barbiturate groups is 1. The number of nitrogens with zero attached hydrogens (tertiary/aromatic N) is 2. The molecule has 4 amide bonds. The Hall–Kier alpha value is -3.73. The molecule has 0 spiro atoms. The van der Waals surface area contributed by atoms with E-state index in [4.69, 9.17) is 9.47 Å². The fourth-order valence-corrected chi connectivity index (χ4v) is 5.03. The number of hydrogen-bond donors (Lipinski definition) is 1. The predicted octanol–water partition coefficient (Wildman–Crippen LogP) is 5.13. The monoisotopic (exact) mass is 571 g/mol. The molecule has 0 bridgehead atoms. The highest BCUT2D eigenvalue weighted by Crippen LogP contribution is 2.38. The third kappa shape index (κ3) is 5.99. The van der Waals surface area contributed by atoms with Gasteiger partial charge >= 0.3 is 6.03 Å². The van der Waals surface area contributed by atoms with Crippen LogP contribution in [0.25, 0.3) is 6.08 Å². The molecule has 1 saturated carbocycles. The Kier molecular flexibility index (Phi) is 8.22. The van der Waals surface area contributed by atoms with Crippen molar-refractivity contribution in [2.45, 2.75) is 51.7 Å². The van der Waals surface area contributed by atoms with E-state index in [0.29, 0.717) is 28.1 Å². The fourth-order valence-electron chi connectivity index (χ4n) is 4.45. The summed E-state index contributed by atoms with van der Waals surface area (Å²) in [5.74, 6) is -0.557. The van der Waals surface area contributed by atoms with Crippen molar-refractivity contribution in [1.82, 2.24) is 10.2 Å². The number of urea groups is 1. The second-order valence-electron chi connectivity index (χ2n) is 8.76. The topological polar surface area (TPSA) is 128 Å². The van der Waals surface area contributed by atoms with Gasteiger partial charge in [0.15, 0.2) is 11.5 Å². The normalized spacial score (nSPS) is 17.6. The van der Waals surface area contributed by atoms with Crippen LogP contribution in [0.5, 0.6) is 11.5 Å². The predicted molar refractivity (Wildman–Crippen MR) is 138 cm³/mol. The van der Waals surface area contributed by atoms with Crippen molar-refractivity contribution in [2.75, 3.05) is 6.61 Å². The molecule has 37 heavy (non-hydrogen) atoms. The Morgan fingerprint density at radius 3 is 2.46 bits per heavy atom. The largest absolute Gasteiger partial charge is 0.490 e.